The Bertz CT molecular complexity index is 972. The van der Waals surface area contributed by atoms with Crippen molar-refractivity contribution in [1.29, 1.82) is 0 Å². The zero-order valence-corrected chi connectivity index (χ0v) is 16.6. The van der Waals surface area contributed by atoms with E-state index in [1.165, 1.54) is 0 Å². The van der Waals surface area contributed by atoms with Crippen LogP contribution in [0.15, 0.2) is 73.3 Å². The molecule has 0 aliphatic carbocycles. The minimum Gasteiger partial charge on any atom is -0.490 e. The van der Waals surface area contributed by atoms with Crippen molar-refractivity contribution < 1.29 is 23.7 Å². The fourth-order valence-corrected chi connectivity index (χ4v) is 2.98. The maximum absolute atomic E-state index is 11.1. The van der Waals surface area contributed by atoms with E-state index in [2.05, 4.69) is 6.58 Å². The molecule has 0 fully saturated rings. The molecule has 0 amide bonds. The van der Waals surface area contributed by atoms with Crippen LogP contribution in [0, 0.1) is 0 Å². The van der Waals surface area contributed by atoms with Crippen LogP contribution < -0.4 is 14.2 Å². The molecule has 0 saturated heterocycles. The van der Waals surface area contributed by atoms with Gasteiger partial charge < -0.3 is 18.9 Å². The smallest absolute Gasteiger partial charge is 0.330 e. The first-order valence-corrected chi connectivity index (χ1v) is 9.50. The van der Waals surface area contributed by atoms with Crippen LogP contribution >= 0.6 is 11.6 Å². The summed E-state index contributed by atoms with van der Waals surface area (Å²) < 4.78 is 22.2. The first-order chi connectivity index (χ1) is 14.2. The summed E-state index contributed by atoms with van der Waals surface area (Å²) in [4.78, 5) is 11.1. The van der Waals surface area contributed by atoms with Gasteiger partial charge in [0.1, 0.15) is 43.7 Å². The van der Waals surface area contributed by atoms with Gasteiger partial charge >= 0.3 is 5.97 Å². The second-order valence-corrected chi connectivity index (χ2v) is 6.37. The molecule has 0 unspecified atom stereocenters. The Morgan fingerprint density at radius 3 is 2.28 bits per heavy atom. The summed E-state index contributed by atoms with van der Waals surface area (Å²) in [6.45, 7) is 4.40. The third kappa shape index (κ3) is 5.65. The third-order valence-corrected chi connectivity index (χ3v) is 4.29. The lowest BCUT2D eigenvalue weighted by molar-refractivity contribution is -0.138. The van der Waals surface area contributed by atoms with Crippen molar-refractivity contribution in [2.24, 2.45) is 0 Å². The Morgan fingerprint density at radius 2 is 1.52 bits per heavy atom. The monoisotopic (exact) mass is 412 g/mol. The fraction of sp³-hybridized carbons (Fsp3) is 0.174. The normalized spacial score (nSPS) is 10.4. The molecule has 0 radical (unpaired) electrons. The van der Waals surface area contributed by atoms with Gasteiger partial charge in [-0.15, -0.1) is 0 Å². The number of para-hydroxylation sites is 1. The van der Waals surface area contributed by atoms with Crippen LogP contribution in [0.5, 0.6) is 17.2 Å². The first-order valence-electron chi connectivity index (χ1n) is 9.13. The van der Waals surface area contributed by atoms with Crippen LogP contribution in [-0.4, -0.2) is 32.4 Å². The van der Waals surface area contributed by atoms with Crippen molar-refractivity contribution in [2.45, 2.75) is 0 Å². The first kappa shape index (κ1) is 20.6. The number of fused-ring (bicyclic) bond motifs is 1. The quantitative estimate of drug-likeness (QED) is 0.265. The van der Waals surface area contributed by atoms with Crippen molar-refractivity contribution in [3.05, 3.63) is 78.3 Å². The molecular formula is C23H21ClO5. The third-order valence-electron chi connectivity index (χ3n) is 4.01. The molecule has 3 rings (SSSR count). The van der Waals surface area contributed by atoms with Gasteiger partial charge in [-0.05, 0) is 12.1 Å². The van der Waals surface area contributed by atoms with Gasteiger partial charge in [0.05, 0.1) is 5.02 Å². The zero-order chi connectivity index (χ0) is 20.5. The Balaban J connectivity index is 1.66. The highest BCUT2D eigenvalue weighted by Crippen LogP contribution is 2.39. The standard InChI is InChI=1S/C23H21ClO5/c1-2-22(25)28-14-15-29-23-19-11-7-6-10-18(19)21(16-20(23)24)27-13-12-26-17-8-4-3-5-9-17/h2-11,16H,1,12-15H2. The predicted molar refractivity (Wildman–Crippen MR) is 113 cm³/mol. The van der Waals surface area contributed by atoms with E-state index >= 15 is 0 Å². The molecule has 3 aromatic rings. The minimum absolute atomic E-state index is 0.102. The second-order valence-electron chi connectivity index (χ2n) is 5.96. The lowest BCUT2D eigenvalue weighted by Gasteiger charge is -2.15. The lowest BCUT2D eigenvalue weighted by atomic mass is 10.1. The molecule has 6 heteroatoms. The summed E-state index contributed by atoms with van der Waals surface area (Å²) in [6, 6.07) is 18.9. The maximum Gasteiger partial charge on any atom is 0.330 e. The number of hydrogen-bond donors (Lipinski definition) is 0. The molecule has 0 spiro atoms. The molecule has 5 nitrogen and oxygen atoms in total. The minimum atomic E-state index is -0.494. The number of hydrogen-bond acceptors (Lipinski definition) is 5. The molecule has 0 aliphatic rings. The van der Waals surface area contributed by atoms with Crippen molar-refractivity contribution in [3.63, 3.8) is 0 Å². The van der Waals surface area contributed by atoms with Gasteiger partial charge in [0, 0.05) is 22.9 Å². The second kappa shape index (κ2) is 10.4. The van der Waals surface area contributed by atoms with Crippen LogP contribution in [0.2, 0.25) is 5.02 Å². The average molecular weight is 413 g/mol. The van der Waals surface area contributed by atoms with Crippen molar-refractivity contribution in [1.82, 2.24) is 0 Å². The number of carbonyl (C=O) groups excluding carboxylic acids is 1. The number of rotatable bonds is 10. The topological polar surface area (TPSA) is 54.0 Å². The van der Waals surface area contributed by atoms with Crippen LogP contribution in [0.3, 0.4) is 0 Å². The molecule has 0 aromatic heterocycles. The zero-order valence-electron chi connectivity index (χ0n) is 15.8. The maximum atomic E-state index is 11.1. The summed E-state index contributed by atoms with van der Waals surface area (Å²) in [5, 5.41) is 2.10. The number of esters is 1. The summed E-state index contributed by atoms with van der Waals surface area (Å²) in [6.07, 6.45) is 1.11. The van der Waals surface area contributed by atoms with Gasteiger partial charge in [0.25, 0.3) is 0 Å². The Kier molecular flexibility index (Phi) is 7.36. The van der Waals surface area contributed by atoms with Gasteiger partial charge in [-0.2, -0.15) is 0 Å². The van der Waals surface area contributed by atoms with Crippen LogP contribution in [-0.2, 0) is 9.53 Å². The lowest BCUT2D eigenvalue weighted by Crippen LogP contribution is -2.11. The molecule has 0 N–H and O–H groups in total. The van der Waals surface area contributed by atoms with E-state index in [0.29, 0.717) is 29.7 Å². The van der Waals surface area contributed by atoms with E-state index < -0.39 is 5.97 Å². The average Bonchev–Trinajstić information content (AvgIpc) is 2.76. The summed E-state index contributed by atoms with van der Waals surface area (Å²) in [5.41, 5.74) is 0. The van der Waals surface area contributed by atoms with E-state index in [1.54, 1.807) is 6.07 Å². The van der Waals surface area contributed by atoms with Crippen LogP contribution in [0.25, 0.3) is 10.8 Å². The molecule has 0 saturated carbocycles. The molecule has 0 heterocycles. The van der Waals surface area contributed by atoms with Crippen molar-refractivity contribution in [3.8, 4) is 17.2 Å². The predicted octanol–water partition coefficient (Wildman–Crippen LogP) is 5.06. The van der Waals surface area contributed by atoms with Crippen molar-refractivity contribution >= 4 is 28.3 Å². The number of carbonyl (C=O) groups is 1. The van der Waals surface area contributed by atoms with Crippen LogP contribution in [0.4, 0.5) is 0 Å². The Hall–Kier alpha value is -3.18. The summed E-state index contributed by atoms with van der Waals surface area (Å²) in [5.74, 6) is 1.46. The molecule has 150 valence electrons. The number of ether oxygens (including phenoxy) is 4. The van der Waals surface area contributed by atoms with Gasteiger partial charge in [0.2, 0.25) is 0 Å². The fourth-order valence-electron chi connectivity index (χ4n) is 2.72. The van der Waals surface area contributed by atoms with Crippen molar-refractivity contribution in [2.75, 3.05) is 26.4 Å². The molecule has 29 heavy (non-hydrogen) atoms. The van der Waals surface area contributed by atoms with E-state index in [4.69, 9.17) is 30.5 Å². The largest absolute Gasteiger partial charge is 0.490 e. The summed E-state index contributed by atoms with van der Waals surface area (Å²) >= 11 is 6.43. The van der Waals surface area contributed by atoms with E-state index in [-0.39, 0.29) is 13.2 Å². The van der Waals surface area contributed by atoms with E-state index in [1.807, 2.05) is 54.6 Å². The SMILES string of the molecule is C=CC(=O)OCCOc1c(Cl)cc(OCCOc2ccccc2)c2ccccc12. The molecule has 0 atom stereocenters. The van der Waals surface area contributed by atoms with Gasteiger partial charge in [0.15, 0.2) is 0 Å². The van der Waals surface area contributed by atoms with Crippen LogP contribution in [0.1, 0.15) is 0 Å². The van der Waals surface area contributed by atoms with E-state index in [9.17, 15) is 4.79 Å². The number of benzene rings is 3. The van der Waals surface area contributed by atoms with Gasteiger partial charge in [-0.1, -0.05) is 60.6 Å². The highest BCUT2D eigenvalue weighted by Gasteiger charge is 2.13. The number of halogens is 1. The molecule has 0 aliphatic heterocycles. The molecular weight excluding hydrogens is 392 g/mol. The highest BCUT2D eigenvalue weighted by molar-refractivity contribution is 6.33. The van der Waals surface area contributed by atoms with E-state index in [0.717, 1.165) is 22.6 Å². The Morgan fingerprint density at radius 1 is 0.862 bits per heavy atom. The Labute approximate surface area is 174 Å². The van der Waals surface area contributed by atoms with Gasteiger partial charge in [-0.25, -0.2) is 4.79 Å². The summed E-state index contributed by atoms with van der Waals surface area (Å²) in [7, 11) is 0. The highest BCUT2D eigenvalue weighted by atomic mass is 35.5. The van der Waals surface area contributed by atoms with Gasteiger partial charge in [-0.3, -0.25) is 0 Å². The molecule has 0 bridgehead atoms. The molecule has 3 aromatic carbocycles.